The fourth-order valence-corrected chi connectivity index (χ4v) is 3.28. The predicted molar refractivity (Wildman–Crippen MR) is 85.7 cm³/mol. The molecule has 0 bridgehead atoms. The maximum Gasteiger partial charge on any atom is 0.325 e. The van der Waals surface area contributed by atoms with E-state index in [1.54, 1.807) is 12.1 Å². The number of carbonyl (C=O) groups excluding carboxylic acids is 3. The van der Waals surface area contributed by atoms with E-state index in [0.29, 0.717) is 24.4 Å². The third-order valence-corrected chi connectivity index (χ3v) is 4.73. The lowest BCUT2D eigenvalue weighted by molar-refractivity contribution is -0.135. The van der Waals surface area contributed by atoms with E-state index in [-0.39, 0.29) is 18.4 Å². The molecule has 0 radical (unpaired) electrons. The molecule has 1 aromatic rings. The van der Waals surface area contributed by atoms with Crippen LogP contribution in [0.15, 0.2) is 30.3 Å². The minimum absolute atomic E-state index is 0.253. The monoisotopic (exact) mass is 315 g/mol. The Labute approximate surface area is 135 Å². The molecule has 4 amide bonds. The highest BCUT2D eigenvalue weighted by molar-refractivity contribution is 6.10. The summed E-state index contributed by atoms with van der Waals surface area (Å²) >= 11 is 0. The number of imide groups is 1. The van der Waals surface area contributed by atoms with Gasteiger partial charge in [-0.2, -0.15) is 0 Å². The second-order valence-electron chi connectivity index (χ2n) is 6.50. The molecule has 122 valence electrons. The summed E-state index contributed by atoms with van der Waals surface area (Å²) in [6, 6.07) is 8.51. The molecule has 0 unspecified atom stereocenters. The number of urea groups is 1. The smallest absolute Gasteiger partial charge is 0.325 e. The first-order chi connectivity index (χ1) is 11.0. The van der Waals surface area contributed by atoms with Crippen LogP contribution in [0.2, 0.25) is 0 Å². The van der Waals surface area contributed by atoms with Crippen molar-refractivity contribution in [2.75, 3.05) is 11.9 Å². The van der Waals surface area contributed by atoms with Crippen LogP contribution in [-0.4, -0.2) is 34.8 Å². The predicted octanol–water partition coefficient (Wildman–Crippen LogP) is 2.13. The number of benzene rings is 1. The van der Waals surface area contributed by atoms with E-state index >= 15 is 0 Å². The molecule has 6 heteroatoms. The number of amides is 4. The van der Waals surface area contributed by atoms with Crippen molar-refractivity contribution in [2.24, 2.45) is 5.92 Å². The average Bonchev–Trinajstić information content (AvgIpc) is 2.76. The van der Waals surface area contributed by atoms with Crippen LogP contribution in [0.5, 0.6) is 0 Å². The molecule has 1 aliphatic carbocycles. The van der Waals surface area contributed by atoms with Crippen LogP contribution >= 0.6 is 0 Å². The number of hydrogen-bond donors (Lipinski definition) is 2. The summed E-state index contributed by atoms with van der Waals surface area (Å²) in [5.41, 5.74) is -0.151. The van der Waals surface area contributed by atoms with E-state index in [1.165, 1.54) is 0 Å². The van der Waals surface area contributed by atoms with Crippen molar-refractivity contribution in [1.82, 2.24) is 10.2 Å². The Morgan fingerprint density at radius 3 is 2.57 bits per heavy atom. The summed E-state index contributed by atoms with van der Waals surface area (Å²) in [7, 11) is 0. The molecule has 23 heavy (non-hydrogen) atoms. The SMILES string of the molecule is CC1CCC2(CC1)NC(=O)N(CC(=O)Nc1ccccc1)C2=O. The van der Waals surface area contributed by atoms with E-state index in [4.69, 9.17) is 0 Å². The molecule has 0 aromatic heterocycles. The summed E-state index contributed by atoms with van der Waals surface area (Å²) in [6.45, 7) is 1.90. The summed E-state index contributed by atoms with van der Waals surface area (Å²) < 4.78 is 0. The molecule has 1 aliphatic heterocycles. The van der Waals surface area contributed by atoms with Crippen LogP contribution in [0.3, 0.4) is 0 Å². The highest BCUT2D eigenvalue weighted by Crippen LogP contribution is 2.36. The quantitative estimate of drug-likeness (QED) is 0.839. The summed E-state index contributed by atoms with van der Waals surface area (Å²) in [5.74, 6) is -0.0701. The van der Waals surface area contributed by atoms with Gasteiger partial charge in [0.2, 0.25) is 5.91 Å². The Morgan fingerprint density at radius 1 is 1.26 bits per heavy atom. The first-order valence-corrected chi connectivity index (χ1v) is 7.99. The van der Waals surface area contributed by atoms with Crippen molar-refractivity contribution in [1.29, 1.82) is 0 Å². The lowest BCUT2D eigenvalue weighted by atomic mass is 9.77. The second-order valence-corrected chi connectivity index (χ2v) is 6.50. The molecule has 1 heterocycles. The lowest BCUT2D eigenvalue weighted by Crippen LogP contribution is -2.49. The van der Waals surface area contributed by atoms with Crippen LogP contribution in [-0.2, 0) is 9.59 Å². The molecular formula is C17H21N3O3. The van der Waals surface area contributed by atoms with Crippen molar-refractivity contribution in [3.05, 3.63) is 30.3 Å². The van der Waals surface area contributed by atoms with Gasteiger partial charge in [-0.1, -0.05) is 25.1 Å². The van der Waals surface area contributed by atoms with E-state index in [1.807, 2.05) is 18.2 Å². The van der Waals surface area contributed by atoms with Gasteiger partial charge in [0.15, 0.2) is 0 Å². The molecule has 1 spiro atoms. The van der Waals surface area contributed by atoms with Crippen LogP contribution in [0, 0.1) is 5.92 Å². The zero-order chi connectivity index (χ0) is 16.4. The molecule has 2 N–H and O–H groups in total. The van der Waals surface area contributed by atoms with E-state index < -0.39 is 11.6 Å². The minimum Gasteiger partial charge on any atom is -0.325 e. The maximum atomic E-state index is 12.6. The zero-order valence-corrected chi connectivity index (χ0v) is 13.2. The van der Waals surface area contributed by atoms with Gasteiger partial charge >= 0.3 is 6.03 Å². The zero-order valence-electron chi connectivity index (χ0n) is 13.2. The number of anilines is 1. The number of carbonyl (C=O) groups is 3. The molecular weight excluding hydrogens is 294 g/mol. The van der Waals surface area contributed by atoms with E-state index in [2.05, 4.69) is 17.6 Å². The Hall–Kier alpha value is -2.37. The van der Waals surface area contributed by atoms with E-state index in [9.17, 15) is 14.4 Å². The molecule has 0 atom stereocenters. The first-order valence-electron chi connectivity index (χ1n) is 7.99. The fourth-order valence-electron chi connectivity index (χ4n) is 3.28. The summed E-state index contributed by atoms with van der Waals surface area (Å²) in [4.78, 5) is 37.9. The molecule has 1 saturated carbocycles. The van der Waals surface area contributed by atoms with Gasteiger partial charge in [0, 0.05) is 5.69 Å². The van der Waals surface area contributed by atoms with Crippen molar-refractivity contribution in [3.8, 4) is 0 Å². The topological polar surface area (TPSA) is 78.5 Å². The Kier molecular flexibility index (Phi) is 4.07. The Bertz CT molecular complexity index is 621. The highest BCUT2D eigenvalue weighted by atomic mass is 16.2. The number of hydrogen-bond acceptors (Lipinski definition) is 3. The van der Waals surface area contributed by atoms with Crippen molar-refractivity contribution >= 4 is 23.5 Å². The van der Waals surface area contributed by atoms with Crippen LogP contribution < -0.4 is 10.6 Å². The average molecular weight is 315 g/mol. The Morgan fingerprint density at radius 2 is 1.91 bits per heavy atom. The lowest BCUT2D eigenvalue weighted by Gasteiger charge is -2.33. The normalized spacial score (nSPS) is 27.2. The first kappa shape index (κ1) is 15.5. The molecule has 1 aromatic carbocycles. The van der Waals surface area contributed by atoms with Crippen molar-refractivity contribution in [2.45, 2.75) is 38.1 Å². The van der Waals surface area contributed by atoms with Gasteiger partial charge < -0.3 is 10.6 Å². The van der Waals surface area contributed by atoms with Crippen LogP contribution in [0.1, 0.15) is 32.6 Å². The van der Waals surface area contributed by atoms with E-state index in [0.717, 1.165) is 17.7 Å². The van der Waals surface area contributed by atoms with Gasteiger partial charge in [-0.25, -0.2) is 4.79 Å². The fraction of sp³-hybridized carbons (Fsp3) is 0.471. The van der Waals surface area contributed by atoms with Gasteiger partial charge in [-0.3, -0.25) is 14.5 Å². The number of nitrogens with zero attached hydrogens (tertiary/aromatic N) is 1. The van der Waals surface area contributed by atoms with Crippen LogP contribution in [0.25, 0.3) is 0 Å². The third kappa shape index (κ3) is 3.06. The van der Waals surface area contributed by atoms with Gasteiger partial charge in [-0.05, 0) is 43.7 Å². The minimum atomic E-state index is -0.795. The molecule has 2 fully saturated rings. The second kappa shape index (κ2) is 6.02. The maximum absolute atomic E-state index is 12.6. The standard InChI is InChI=1S/C17H21N3O3/c1-12-7-9-17(10-8-12)15(22)20(16(23)19-17)11-14(21)18-13-5-3-2-4-6-13/h2-6,12H,7-11H2,1H3,(H,18,21)(H,19,23). The van der Waals surface area contributed by atoms with Crippen molar-refractivity contribution in [3.63, 3.8) is 0 Å². The number of para-hydroxylation sites is 1. The summed E-state index contributed by atoms with van der Waals surface area (Å²) in [6.07, 6.45) is 3.12. The molecule has 1 saturated heterocycles. The van der Waals surface area contributed by atoms with Crippen molar-refractivity contribution < 1.29 is 14.4 Å². The number of nitrogens with one attached hydrogen (secondary N) is 2. The number of rotatable bonds is 3. The van der Waals surface area contributed by atoms with Gasteiger partial charge in [-0.15, -0.1) is 0 Å². The van der Waals surface area contributed by atoms with Gasteiger partial charge in [0.1, 0.15) is 12.1 Å². The molecule has 2 aliphatic rings. The molecule has 3 rings (SSSR count). The van der Waals surface area contributed by atoms with Crippen LogP contribution in [0.4, 0.5) is 10.5 Å². The van der Waals surface area contributed by atoms with Gasteiger partial charge in [0.05, 0.1) is 0 Å². The highest BCUT2D eigenvalue weighted by Gasteiger charge is 2.52. The molecule has 6 nitrogen and oxygen atoms in total. The Balaban J connectivity index is 1.65. The largest absolute Gasteiger partial charge is 0.325 e. The summed E-state index contributed by atoms with van der Waals surface area (Å²) in [5, 5.41) is 5.51. The van der Waals surface area contributed by atoms with Gasteiger partial charge in [0.25, 0.3) is 5.91 Å². The third-order valence-electron chi connectivity index (χ3n) is 4.73.